The summed E-state index contributed by atoms with van der Waals surface area (Å²) in [7, 11) is 0. The van der Waals surface area contributed by atoms with Gasteiger partial charge in [-0.05, 0) is 64.2 Å². The second-order valence-electron chi connectivity index (χ2n) is 17.4. The number of esters is 1. The van der Waals surface area contributed by atoms with Gasteiger partial charge in [-0.15, -0.1) is 0 Å². The third-order valence-electron chi connectivity index (χ3n) is 11.3. The number of carbonyl (C=O) groups excluding carboxylic acids is 2. The number of hydrogen-bond acceptors (Lipinski definition) is 10. The Labute approximate surface area is 416 Å². The Balaban J connectivity index is 2.84. The zero-order valence-electron chi connectivity index (χ0n) is 42.4. The molecule has 0 aliphatic carbocycles. The molecule has 388 valence electrons. The molecule has 0 aromatic heterocycles. The van der Waals surface area contributed by atoms with Gasteiger partial charge in [-0.25, -0.2) is 0 Å². The number of unbranched alkanes of at least 4 members (excludes halogenated alkanes) is 14. The summed E-state index contributed by atoms with van der Waals surface area (Å²) in [5, 5.41) is 56.5. The molecule has 0 bridgehead atoms. The monoisotopic (exact) mass is 962 g/mol. The molecular formula is C58H91NO10. The first-order valence-electron chi connectivity index (χ1n) is 26.1. The van der Waals surface area contributed by atoms with E-state index in [0.29, 0.717) is 12.8 Å². The Hall–Kier alpha value is -4.20. The van der Waals surface area contributed by atoms with Crippen molar-refractivity contribution in [2.45, 2.75) is 205 Å². The van der Waals surface area contributed by atoms with Crippen LogP contribution in [0.2, 0.25) is 0 Å². The molecule has 8 unspecified atom stereocenters. The third-order valence-corrected chi connectivity index (χ3v) is 11.3. The topological polar surface area (TPSA) is 175 Å². The van der Waals surface area contributed by atoms with Crippen LogP contribution in [-0.4, -0.2) is 99.6 Å². The largest absolute Gasteiger partial charge is 0.454 e. The van der Waals surface area contributed by atoms with Gasteiger partial charge < -0.3 is 45.1 Å². The number of carbonyl (C=O) groups is 2. The van der Waals surface area contributed by atoms with E-state index in [-0.39, 0.29) is 19.4 Å². The molecule has 1 aliphatic rings. The van der Waals surface area contributed by atoms with E-state index in [9.17, 15) is 35.1 Å². The number of nitrogens with one attached hydrogen (secondary N) is 1. The van der Waals surface area contributed by atoms with E-state index in [4.69, 9.17) is 14.2 Å². The molecule has 6 N–H and O–H groups in total. The highest BCUT2D eigenvalue weighted by molar-refractivity contribution is 5.80. The van der Waals surface area contributed by atoms with E-state index in [2.05, 4.69) is 44.3 Å². The molecule has 0 aromatic carbocycles. The van der Waals surface area contributed by atoms with Crippen LogP contribution in [0.5, 0.6) is 0 Å². The first-order chi connectivity index (χ1) is 33.7. The molecular weight excluding hydrogens is 871 g/mol. The van der Waals surface area contributed by atoms with E-state index >= 15 is 0 Å². The van der Waals surface area contributed by atoms with Gasteiger partial charge in [0.1, 0.15) is 24.4 Å². The Morgan fingerprint density at radius 3 is 1.57 bits per heavy atom. The van der Waals surface area contributed by atoms with Crippen LogP contribution in [0.25, 0.3) is 0 Å². The highest BCUT2D eigenvalue weighted by Gasteiger charge is 2.47. The minimum atomic E-state index is -1.65. The molecule has 0 saturated carbocycles. The van der Waals surface area contributed by atoms with Crippen LogP contribution in [0.3, 0.4) is 0 Å². The van der Waals surface area contributed by atoms with E-state index in [1.807, 2.05) is 109 Å². The molecule has 11 heteroatoms. The fourth-order valence-electron chi connectivity index (χ4n) is 7.16. The van der Waals surface area contributed by atoms with Crippen molar-refractivity contribution < 1.29 is 49.3 Å². The predicted molar refractivity (Wildman–Crippen MR) is 282 cm³/mol. The summed E-state index contributed by atoms with van der Waals surface area (Å²) in [5.74, 6) is -1.30. The second kappa shape index (κ2) is 45.0. The summed E-state index contributed by atoms with van der Waals surface area (Å²) < 4.78 is 17.4. The highest BCUT2D eigenvalue weighted by Crippen LogP contribution is 2.26. The van der Waals surface area contributed by atoms with Crippen LogP contribution in [0, 0.1) is 0 Å². The maximum Gasteiger partial charge on any atom is 0.306 e. The zero-order valence-corrected chi connectivity index (χ0v) is 42.4. The molecule has 1 rings (SSSR count). The highest BCUT2D eigenvalue weighted by atomic mass is 16.7. The van der Waals surface area contributed by atoms with Gasteiger partial charge in [-0.2, -0.15) is 0 Å². The molecule has 0 aromatic rings. The third kappa shape index (κ3) is 33.9. The van der Waals surface area contributed by atoms with Crippen LogP contribution in [-0.2, 0) is 23.8 Å². The molecule has 0 radical (unpaired) electrons. The predicted octanol–water partition coefficient (Wildman–Crippen LogP) is 10.9. The van der Waals surface area contributed by atoms with Crippen LogP contribution in [0.1, 0.15) is 156 Å². The summed E-state index contributed by atoms with van der Waals surface area (Å²) in [5.41, 5.74) is 0. The number of amides is 1. The van der Waals surface area contributed by atoms with Crippen molar-refractivity contribution >= 4 is 11.9 Å². The number of hydrogen-bond donors (Lipinski definition) is 6. The van der Waals surface area contributed by atoms with Gasteiger partial charge in [-0.1, -0.05) is 219 Å². The summed E-state index contributed by atoms with van der Waals surface area (Å²) in [6.45, 7) is 5.38. The van der Waals surface area contributed by atoms with Crippen molar-refractivity contribution in [1.29, 1.82) is 0 Å². The number of aliphatic hydroxyl groups is 5. The van der Waals surface area contributed by atoms with Crippen molar-refractivity contribution in [3.05, 3.63) is 134 Å². The van der Waals surface area contributed by atoms with Crippen molar-refractivity contribution in [2.24, 2.45) is 0 Å². The normalized spacial score (nSPS) is 21.0. The fraction of sp³-hybridized carbons (Fsp3) is 0.586. The Morgan fingerprint density at radius 1 is 0.580 bits per heavy atom. The molecule has 1 saturated heterocycles. The second-order valence-corrected chi connectivity index (χ2v) is 17.4. The number of allylic oxidation sites excluding steroid dienone is 21. The van der Waals surface area contributed by atoms with Crippen LogP contribution >= 0.6 is 0 Å². The van der Waals surface area contributed by atoms with Gasteiger partial charge in [0, 0.05) is 6.42 Å². The van der Waals surface area contributed by atoms with Gasteiger partial charge in [0.25, 0.3) is 0 Å². The molecule has 1 amide bonds. The summed E-state index contributed by atoms with van der Waals surface area (Å²) in [6, 6.07) is -1.06. The van der Waals surface area contributed by atoms with E-state index in [0.717, 1.165) is 70.6 Å². The molecule has 0 spiro atoms. The lowest BCUT2D eigenvalue weighted by atomic mass is 9.99. The SMILES string of the molecule is CC\C=C/C=C/C=C/C=C\C=C\C=C\CCCCCC(=O)OC1C(OCC(NC(=O)C(O)CCCC\C=C/C=C\C=C\C=C\CC)C(O)/C=C/CCCCCCCCCCC)OC(CO)C(O)C1O. The summed E-state index contributed by atoms with van der Waals surface area (Å²) in [6.07, 6.45) is 52.2. The van der Waals surface area contributed by atoms with Crippen molar-refractivity contribution in [2.75, 3.05) is 13.2 Å². The molecule has 69 heavy (non-hydrogen) atoms. The molecule has 1 fully saturated rings. The minimum absolute atomic E-state index is 0.0582. The van der Waals surface area contributed by atoms with E-state index in [1.165, 1.54) is 38.5 Å². The fourth-order valence-corrected chi connectivity index (χ4v) is 7.16. The van der Waals surface area contributed by atoms with Crippen LogP contribution in [0.4, 0.5) is 0 Å². The lowest BCUT2D eigenvalue weighted by Gasteiger charge is -2.41. The summed E-state index contributed by atoms with van der Waals surface area (Å²) in [4.78, 5) is 26.3. The standard InChI is InChI=1S/C58H91NO10/c1-4-7-10-13-16-19-22-24-25-26-27-28-31-34-37-40-43-46-53(63)69-56-55(65)54(64)52(47-60)68-58(56)67-48-49(50(61)44-41-38-35-32-29-21-18-15-12-9-6-3)59-57(66)51(62)45-42-39-36-33-30-23-20-17-14-11-8-5-2/h7-8,10-11,13-14,16-17,19-20,22-28,30-31,33,41,44,49-52,54-56,58,60-62,64-65H,4-6,9,12,15,18,21,29,32,34-40,42-43,45-48H2,1-3H3,(H,59,66)/b10-7-,11-8+,16-13+,17-14+,22-19+,23-20-,25-24-,27-26+,31-28+,33-30-,44-41+. The zero-order chi connectivity index (χ0) is 50.4. The Bertz CT molecular complexity index is 1620. The number of ether oxygens (including phenoxy) is 3. The lowest BCUT2D eigenvalue weighted by Crippen LogP contribution is -2.61. The van der Waals surface area contributed by atoms with Crippen molar-refractivity contribution in [1.82, 2.24) is 5.32 Å². The average Bonchev–Trinajstić information content (AvgIpc) is 3.34. The lowest BCUT2D eigenvalue weighted by molar-refractivity contribution is -0.305. The van der Waals surface area contributed by atoms with E-state index < -0.39 is 67.4 Å². The summed E-state index contributed by atoms with van der Waals surface area (Å²) >= 11 is 0. The minimum Gasteiger partial charge on any atom is -0.454 e. The Morgan fingerprint density at radius 2 is 1.04 bits per heavy atom. The first kappa shape index (κ1) is 62.8. The van der Waals surface area contributed by atoms with Gasteiger partial charge in [0.15, 0.2) is 12.4 Å². The maximum absolute atomic E-state index is 13.3. The molecule has 11 nitrogen and oxygen atoms in total. The van der Waals surface area contributed by atoms with Gasteiger partial charge in [0.2, 0.25) is 5.91 Å². The maximum atomic E-state index is 13.3. The van der Waals surface area contributed by atoms with Gasteiger partial charge in [0.05, 0.1) is 25.4 Å². The first-order valence-corrected chi connectivity index (χ1v) is 26.1. The molecule has 1 aliphatic heterocycles. The van der Waals surface area contributed by atoms with E-state index in [1.54, 1.807) is 6.08 Å². The van der Waals surface area contributed by atoms with Gasteiger partial charge >= 0.3 is 5.97 Å². The smallest absolute Gasteiger partial charge is 0.306 e. The van der Waals surface area contributed by atoms with Gasteiger partial charge in [-0.3, -0.25) is 9.59 Å². The molecule has 1 heterocycles. The quantitative estimate of drug-likeness (QED) is 0.0150. The molecule has 8 atom stereocenters. The van der Waals surface area contributed by atoms with Crippen molar-refractivity contribution in [3.63, 3.8) is 0 Å². The van der Waals surface area contributed by atoms with Crippen LogP contribution < -0.4 is 5.32 Å². The number of aliphatic hydroxyl groups excluding tert-OH is 5. The number of rotatable bonds is 40. The van der Waals surface area contributed by atoms with Crippen LogP contribution in [0.15, 0.2) is 134 Å². The van der Waals surface area contributed by atoms with Crippen molar-refractivity contribution in [3.8, 4) is 0 Å². The average molecular weight is 962 g/mol. The Kier molecular flexibility index (Phi) is 40.9.